The lowest BCUT2D eigenvalue weighted by atomic mass is 10.2. The average Bonchev–Trinajstić information content (AvgIpc) is 3.11. The average molecular weight is 568 g/mol. The van der Waals surface area contributed by atoms with Crippen LogP contribution >= 0.6 is 27.7 Å². The Hall–Kier alpha value is -3.96. The van der Waals surface area contributed by atoms with Crippen molar-refractivity contribution in [2.45, 2.75) is 6.61 Å². The van der Waals surface area contributed by atoms with Crippen LogP contribution in [0.2, 0.25) is 0 Å². The Morgan fingerprint density at radius 2 is 1.97 bits per heavy atom. The van der Waals surface area contributed by atoms with Gasteiger partial charge >= 0.3 is 5.97 Å². The van der Waals surface area contributed by atoms with E-state index in [-0.39, 0.29) is 23.8 Å². The van der Waals surface area contributed by atoms with Gasteiger partial charge in [-0.2, -0.15) is 0 Å². The fraction of sp³-hybridized carbons (Fsp3) is 0.0800. The molecule has 0 aromatic heterocycles. The zero-order valence-corrected chi connectivity index (χ0v) is 21.2. The van der Waals surface area contributed by atoms with Crippen LogP contribution in [0.3, 0.4) is 0 Å². The Labute approximate surface area is 218 Å². The van der Waals surface area contributed by atoms with Crippen LogP contribution in [-0.2, 0) is 11.4 Å². The predicted molar refractivity (Wildman–Crippen MR) is 140 cm³/mol. The van der Waals surface area contributed by atoms with E-state index in [1.54, 1.807) is 55.6 Å². The van der Waals surface area contributed by atoms with Gasteiger partial charge < -0.3 is 9.84 Å². The molecule has 0 radical (unpaired) electrons. The number of carboxylic acid groups (broad SMARTS) is 1. The van der Waals surface area contributed by atoms with Crippen LogP contribution in [0, 0.1) is 10.1 Å². The van der Waals surface area contributed by atoms with Crippen molar-refractivity contribution in [3.8, 4) is 5.75 Å². The van der Waals surface area contributed by atoms with Crippen molar-refractivity contribution in [2.75, 3.05) is 7.05 Å². The van der Waals surface area contributed by atoms with Crippen LogP contribution in [0.5, 0.6) is 5.75 Å². The number of carboxylic acids is 1. The van der Waals surface area contributed by atoms with Gasteiger partial charge in [0.1, 0.15) is 12.4 Å². The third-order valence-corrected chi connectivity index (χ3v) is 6.77. The van der Waals surface area contributed by atoms with E-state index in [2.05, 4.69) is 20.9 Å². The number of nitro groups is 1. The first kappa shape index (κ1) is 25.1. The summed E-state index contributed by atoms with van der Waals surface area (Å²) in [5.41, 5.74) is 1.97. The number of aliphatic imine (C=N–C) groups is 1. The maximum Gasteiger partial charge on any atom is 0.335 e. The van der Waals surface area contributed by atoms with Gasteiger partial charge in [-0.25, -0.2) is 9.79 Å². The van der Waals surface area contributed by atoms with Gasteiger partial charge in [-0.1, -0.05) is 24.3 Å². The molecule has 1 saturated heterocycles. The molecule has 1 amide bonds. The van der Waals surface area contributed by atoms with Gasteiger partial charge in [0, 0.05) is 19.2 Å². The SMILES string of the molecule is CN1C(=O)C(=Cc2ccc(OCc3cccc([N+](=O)[O-])c3)c(Br)c2)SC1=Nc1cccc(C(=O)O)c1. The highest BCUT2D eigenvalue weighted by Crippen LogP contribution is 2.35. The Morgan fingerprint density at radius 3 is 2.69 bits per heavy atom. The Morgan fingerprint density at radius 1 is 1.19 bits per heavy atom. The molecule has 0 atom stereocenters. The second-order valence-corrected chi connectivity index (χ2v) is 9.49. The molecule has 1 heterocycles. The molecule has 1 N–H and O–H groups in total. The summed E-state index contributed by atoms with van der Waals surface area (Å²) in [4.78, 5) is 40.8. The van der Waals surface area contributed by atoms with E-state index >= 15 is 0 Å². The molecular formula is C25H18BrN3O6S. The molecule has 0 aliphatic carbocycles. The van der Waals surface area contributed by atoms with Crippen LogP contribution in [-0.4, -0.2) is 39.0 Å². The number of nitrogens with zero attached hydrogens (tertiary/aromatic N) is 3. The third kappa shape index (κ3) is 5.81. The predicted octanol–water partition coefficient (Wildman–Crippen LogP) is 5.87. The number of non-ortho nitro benzene ring substituents is 1. The van der Waals surface area contributed by atoms with E-state index < -0.39 is 10.9 Å². The van der Waals surface area contributed by atoms with Crippen molar-refractivity contribution < 1.29 is 24.4 Å². The molecule has 0 spiro atoms. The number of aromatic carboxylic acids is 1. The van der Waals surface area contributed by atoms with Crippen LogP contribution in [0.4, 0.5) is 11.4 Å². The van der Waals surface area contributed by atoms with E-state index in [1.807, 2.05) is 0 Å². The summed E-state index contributed by atoms with van der Waals surface area (Å²) in [6.07, 6.45) is 1.73. The number of rotatable bonds is 7. The first-order valence-electron chi connectivity index (χ1n) is 10.5. The van der Waals surface area contributed by atoms with E-state index in [0.29, 0.717) is 31.5 Å². The summed E-state index contributed by atoms with van der Waals surface area (Å²) in [5, 5.41) is 20.6. The van der Waals surface area contributed by atoms with Crippen molar-refractivity contribution in [3.63, 3.8) is 0 Å². The van der Waals surface area contributed by atoms with Gasteiger partial charge in [-0.05, 0) is 75.2 Å². The van der Waals surface area contributed by atoms with Crippen LogP contribution in [0.1, 0.15) is 21.5 Å². The standard InChI is InChI=1S/C25H18BrN3O6S/c1-28-23(30)22(36-25(28)27-18-6-3-5-17(13-18)24(31)32)12-15-8-9-21(20(26)11-15)35-14-16-4-2-7-19(10-16)29(33)34/h2-13H,14H2,1H3,(H,31,32). The van der Waals surface area contributed by atoms with Gasteiger partial charge in [-0.3, -0.25) is 19.8 Å². The number of hydrogen-bond acceptors (Lipinski definition) is 7. The molecule has 1 aliphatic heterocycles. The van der Waals surface area contributed by atoms with Crippen molar-refractivity contribution in [3.05, 3.63) is 103 Å². The Bertz CT molecular complexity index is 1440. The van der Waals surface area contributed by atoms with E-state index in [4.69, 9.17) is 4.74 Å². The normalized spacial score (nSPS) is 15.5. The molecule has 3 aromatic rings. The first-order chi connectivity index (χ1) is 17.2. The number of amidine groups is 1. The minimum absolute atomic E-state index is 0.00154. The zero-order chi connectivity index (χ0) is 25.8. The molecular weight excluding hydrogens is 550 g/mol. The number of hydrogen-bond donors (Lipinski definition) is 1. The number of nitro benzene ring substituents is 1. The number of likely N-dealkylation sites (N-methyl/N-ethyl adjacent to an activating group) is 1. The third-order valence-electron chi connectivity index (χ3n) is 5.09. The second-order valence-electron chi connectivity index (χ2n) is 7.63. The zero-order valence-electron chi connectivity index (χ0n) is 18.8. The van der Waals surface area contributed by atoms with Gasteiger partial charge in [0.2, 0.25) is 0 Å². The smallest absolute Gasteiger partial charge is 0.335 e. The lowest BCUT2D eigenvalue weighted by Gasteiger charge is -2.09. The number of carbonyl (C=O) groups is 2. The minimum Gasteiger partial charge on any atom is -0.488 e. The highest BCUT2D eigenvalue weighted by Gasteiger charge is 2.30. The highest BCUT2D eigenvalue weighted by molar-refractivity contribution is 9.10. The topological polar surface area (TPSA) is 122 Å². The van der Waals surface area contributed by atoms with Gasteiger partial charge in [0.15, 0.2) is 5.17 Å². The van der Waals surface area contributed by atoms with Gasteiger partial charge in [-0.15, -0.1) is 0 Å². The molecule has 9 nitrogen and oxygen atoms in total. The fourth-order valence-corrected chi connectivity index (χ4v) is 4.76. The molecule has 0 bridgehead atoms. The van der Waals surface area contributed by atoms with E-state index in [0.717, 1.165) is 5.56 Å². The largest absolute Gasteiger partial charge is 0.488 e. The number of benzene rings is 3. The number of amides is 1. The second kappa shape index (κ2) is 10.8. The number of ether oxygens (including phenoxy) is 1. The molecule has 0 saturated carbocycles. The van der Waals surface area contributed by atoms with Crippen molar-refractivity contribution in [1.29, 1.82) is 0 Å². The molecule has 4 rings (SSSR count). The van der Waals surface area contributed by atoms with Crippen molar-refractivity contribution in [2.24, 2.45) is 4.99 Å². The summed E-state index contributed by atoms with van der Waals surface area (Å²) in [6.45, 7) is 0.156. The monoisotopic (exact) mass is 567 g/mol. The number of halogens is 1. The summed E-state index contributed by atoms with van der Waals surface area (Å²) < 4.78 is 6.46. The highest BCUT2D eigenvalue weighted by atomic mass is 79.9. The molecule has 1 fully saturated rings. The van der Waals surface area contributed by atoms with Crippen molar-refractivity contribution in [1.82, 2.24) is 4.90 Å². The van der Waals surface area contributed by atoms with Crippen LogP contribution < -0.4 is 4.74 Å². The van der Waals surface area contributed by atoms with E-state index in [1.165, 1.54) is 40.9 Å². The quantitative estimate of drug-likeness (QED) is 0.215. The van der Waals surface area contributed by atoms with Crippen LogP contribution in [0.15, 0.2) is 81.1 Å². The minimum atomic E-state index is -1.05. The van der Waals surface area contributed by atoms with Crippen LogP contribution in [0.25, 0.3) is 6.08 Å². The maximum atomic E-state index is 12.7. The molecule has 3 aromatic carbocycles. The van der Waals surface area contributed by atoms with E-state index in [9.17, 15) is 24.8 Å². The lowest BCUT2D eigenvalue weighted by Crippen LogP contribution is -2.23. The van der Waals surface area contributed by atoms with Gasteiger partial charge in [0.25, 0.3) is 11.6 Å². The number of thioether (sulfide) groups is 1. The van der Waals surface area contributed by atoms with Gasteiger partial charge in [0.05, 0.1) is 25.6 Å². The molecule has 11 heteroatoms. The molecule has 36 heavy (non-hydrogen) atoms. The van der Waals surface area contributed by atoms with Crippen molar-refractivity contribution >= 4 is 62.2 Å². The Kier molecular flexibility index (Phi) is 7.51. The molecule has 182 valence electrons. The lowest BCUT2D eigenvalue weighted by molar-refractivity contribution is -0.384. The summed E-state index contributed by atoms with van der Waals surface area (Å²) >= 11 is 4.66. The first-order valence-corrected chi connectivity index (χ1v) is 12.1. The fourth-order valence-electron chi connectivity index (χ4n) is 3.27. The number of carbonyl (C=O) groups excluding carboxylic acids is 1. The molecule has 0 unspecified atom stereocenters. The summed E-state index contributed by atoms with van der Waals surface area (Å²) in [6, 6.07) is 17.8. The maximum absolute atomic E-state index is 12.7. The summed E-state index contributed by atoms with van der Waals surface area (Å²) in [5.74, 6) is -0.730. The Balaban J connectivity index is 1.49. The summed E-state index contributed by atoms with van der Waals surface area (Å²) in [7, 11) is 1.61. The molecule has 1 aliphatic rings.